The van der Waals surface area contributed by atoms with Crippen LogP contribution in [0.3, 0.4) is 0 Å². The highest BCUT2D eigenvalue weighted by Gasteiger charge is 2.15. The van der Waals surface area contributed by atoms with Gasteiger partial charge in [-0.25, -0.2) is 0 Å². The number of ether oxygens (including phenoxy) is 1. The molecule has 6 heteroatoms. The summed E-state index contributed by atoms with van der Waals surface area (Å²) in [6.45, 7) is 1.79. The number of hydrogen-bond donors (Lipinski definition) is 2. The highest BCUT2D eigenvalue weighted by Crippen LogP contribution is 2.27. The Balaban J connectivity index is 1.79. The molecule has 19 heavy (non-hydrogen) atoms. The molecule has 0 bridgehead atoms. The number of benzene rings is 1. The van der Waals surface area contributed by atoms with Crippen molar-refractivity contribution < 1.29 is 9.53 Å². The first-order valence-electron chi connectivity index (χ1n) is 6.23. The van der Waals surface area contributed by atoms with Crippen LogP contribution in [-0.2, 0) is 4.79 Å². The van der Waals surface area contributed by atoms with Gasteiger partial charge in [-0.15, -0.1) is 0 Å². The molecule has 2 rings (SSSR count). The molecular formula is C13H16Cl2N2O2. The van der Waals surface area contributed by atoms with Crippen LogP contribution in [0.5, 0.6) is 5.75 Å². The number of rotatable bonds is 4. The maximum atomic E-state index is 11.7. The molecular weight excluding hydrogens is 287 g/mol. The van der Waals surface area contributed by atoms with Gasteiger partial charge in [0.05, 0.1) is 5.02 Å². The molecule has 0 aliphatic carbocycles. The largest absolute Gasteiger partial charge is 0.482 e. The molecule has 0 aromatic heterocycles. The van der Waals surface area contributed by atoms with Crippen LogP contribution in [0.4, 0.5) is 0 Å². The van der Waals surface area contributed by atoms with Crippen LogP contribution >= 0.6 is 23.2 Å². The van der Waals surface area contributed by atoms with E-state index in [-0.39, 0.29) is 18.6 Å². The highest BCUT2D eigenvalue weighted by molar-refractivity contribution is 6.35. The SMILES string of the molecule is O=C(COc1ccc(Cl)cc1Cl)NC1CCCNC1. The first kappa shape index (κ1) is 14.4. The van der Waals surface area contributed by atoms with E-state index in [1.54, 1.807) is 18.2 Å². The fourth-order valence-electron chi connectivity index (χ4n) is 1.98. The molecule has 1 amide bonds. The van der Waals surface area contributed by atoms with E-state index < -0.39 is 0 Å². The van der Waals surface area contributed by atoms with Crippen LogP contribution in [0.1, 0.15) is 12.8 Å². The van der Waals surface area contributed by atoms with Gasteiger partial charge in [-0.3, -0.25) is 4.79 Å². The molecule has 4 nitrogen and oxygen atoms in total. The van der Waals surface area contributed by atoms with E-state index in [0.29, 0.717) is 15.8 Å². The Morgan fingerprint density at radius 1 is 1.47 bits per heavy atom. The monoisotopic (exact) mass is 302 g/mol. The Morgan fingerprint density at radius 3 is 3.00 bits per heavy atom. The predicted molar refractivity (Wildman–Crippen MR) is 76.0 cm³/mol. The Hall–Kier alpha value is -0.970. The Morgan fingerprint density at radius 2 is 2.32 bits per heavy atom. The van der Waals surface area contributed by atoms with Crippen LogP contribution in [0.25, 0.3) is 0 Å². The lowest BCUT2D eigenvalue weighted by molar-refractivity contribution is -0.123. The zero-order valence-corrected chi connectivity index (χ0v) is 11.9. The molecule has 2 N–H and O–H groups in total. The lowest BCUT2D eigenvalue weighted by Crippen LogP contribution is -2.47. The summed E-state index contributed by atoms with van der Waals surface area (Å²) < 4.78 is 5.37. The second-order valence-corrected chi connectivity index (χ2v) is 5.32. The van der Waals surface area contributed by atoms with E-state index in [2.05, 4.69) is 10.6 Å². The van der Waals surface area contributed by atoms with Crippen molar-refractivity contribution in [2.45, 2.75) is 18.9 Å². The maximum Gasteiger partial charge on any atom is 0.258 e. The van der Waals surface area contributed by atoms with E-state index in [9.17, 15) is 4.79 Å². The lowest BCUT2D eigenvalue weighted by Gasteiger charge is -2.23. The number of piperidine rings is 1. The zero-order chi connectivity index (χ0) is 13.7. The van der Waals surface area contributed by atoms with Crippen molar-refractivity contribution in [3.8, 4) is 5.75 Å². The average molecular weight is 303 g/mol. The van der Waals surface area contributed by atoms with Gasteiger partial charge in [0.1, 0.15) is 5.75 Å². The number of nitrogens with one attached hydrogen (secondary N) is 2. The van der Waals surface area contributed by atoms with Gasteiger partial charge in [-0.05, 0) is 37.6 Å². The van der Waals surface area contributed by atoms with Crippen LogP contribution in [0.2, 0.25) is 10.0 Å². The summed E-state index contributed by atoms with van der Waals surface area (Å²) in [6.07, 6.45) is 2.08. The second kappa shape index (κ2) is 6.98. The van der Waals surface area contributed by atoms with Crippen molar-refractivity contribution in [1.29, 1.82) is 0 Å². The summed E-state index contributed by atoms with van der Waals surface area (Å²) in [5, 5.41) is 7.10. The summed E-state index contributed by atoms with van der Waals surface area (Å²) in [5.41, 5.74) is 0. The molecule has 1 unspecified atom stereocenters. The molecule has 1 heterocycles. The minimum atomic E-state index is -0.139. The van der Waals surface area contributed by atoms with Gasteiger partial charge in [-0.2, -0.15) is 0 Å². The van der Waals surface area contributed by atoms with Gasteiger partial charge < -0.3 is 15.4 Å². The molecule has 1 aliphatic heterocycles. The second-order valence-electron chi connectivity index (χ2n) is 4.47. The summed E-state index contributed by atoms with van der Waals surface area (Å²) in [4.78, 5) is 11.7. The first-order chi connectivity index (χ1) is 9.15. The van der Waals surface area contributed by atoms with E-state index in [1.807, 2.05) is 0 Å². The summed E-state index contributed by atoms with van der Waals surface area (Å²) in [5.74, 6) is 0.322. The van der Waals surface area contributed by atoms with E-state index >= 15 is 0 Å². The van der Waals surface area contributed by atoms with Crippen LogP contribution in [0, 0.1) is 0 Å². The molecule has 0 saturated carbocycles. The van der Waals surface area contributed by atoms with Crippen molar-refractivity contribution >= 4 is 29.1 Å². The van der Waals surface area contributed by atoms with Crippen LogP contribution < -0.4 is 15.4 Å². The summed E-state index contributed by atoms with van der Waals surface area (Å²) in [6, 6.07) is 5.10. The Labute approximate surface area is 122 Å². The van der Waals surface area contributed by atoms with Crippen LogP contribution in [-0.4, -0.2) is 31.6 Å². The minimum absolute atomic E-state index is 0.0438. The lowest BCUT2D eigenvalue weighted by atomic mass is 10.1. The van der Waals surface area contributed by atoms with Gasteiger partial charge in [0.25, 0.3) is 5.91 Å². The molecule has 1 aromatic rings. The third-order valence-electron chi connectivity index (χ3n) is 2.91. The topological polar surface area (TPSA) is 50.4 Å². The zero-order valence-electron chi connectivity index (χ0n) is 10.4. The van der Waals surface area contributed by atoms with Crippen molar-refractivity contribution in [3.05, 3.63) is 28.2 Å². The average Bonchev–Trinajstić information content (AvgIpc) is 2.39. The molecule has 1 aromatic carbocycles. The number of amides is 1. The molecule has 1 fully saturated rings. The van der Waals surface area contributed by atoms with Gasteiger partial charge >= 0.3 is 0 Å². The quantitative estimate of drug-likeness (QED) is 0.897. The standard InChI is InChI=1S/C13H16Cl2N2O2/c14-9-3-4-12(11(15)6-9)19-8-13(18)17-10-2-1-5-16-7-10/h3-4,6,10,16H,1-2,5,7-8H2,(H,17,18). The van der Waals surface area contributed by atoms with E-state index in [0.717, 1.165) is 25.9 Å². The highest BCUT2D eigenvalue weighted by atomic mass is 35.5. The number of carbonyl (C=O) groups is 1. The third kappa shape index (κ3) is 4.56. The van der Waals surface area contributed by atoms with E-state index in [4.69, 9.17) is 27.9 Å². The molecule has 0 radical (unpaired) electrons. The molecule has 1 saturated heterocycles. The molecule has 0 spiro atoms. The normalized spacial score (nSPS) is 18.9. The fourth-order valence-corrected chi connectivity index (χ4v) is 2.44. The van der Waals surface area contributed by atoms with Gasteiger partial charge in [0.2, 0.25) is 0 Å². The van der Waals surface area contributed by atoms with Gasteiger partial charge in [-0.1, -0.05) is 23.2 Å². The third-order valence-corrected chi connectivity index (χ3v) is 3.45. The minimum Gasteiger partial charge on any atom is -0.482 e. The Bertz CT molecular complexity index is 448. The number of hydrogen-bond acceptors (Lipinski definition) is 3. The van der Waals surface area contributed by atoms with Gasteiger partial charge in [0.15, 0.2) is 6.61 Å². The predicted octanol–water partition coefficient (Wildman–Crippen LogP) is 2.24. The molecule has 104 valence electrons. The first-order valence-corrected chi connectivity index (χ1v) is 6.98. The van der Waals surface area contributed by atoms with Gasteiger partial charge in [0, 0.05) is 17.6 Å². The number of carbonyl (C=O) groups excluding carboxylic acids is 1. The fraction of sp³-hybridized carbons (Fsp3) is 0.462. The van der Waals surface area contributed by atoms with Crippen molar-refractivity contribution in [2.75, 3.05) is 19.7 Å². The summed E-state index contributed by atoms with van der Waals surface area (Å²) in [7, 11) is 0. The van der Waals surface area contributed by atoms with Crippen LogP contribution in [0.15, 0.2) is 18.2 Å². The molecule has 1 aliphatic rings. The smallest absolute Gasteiger partial charge is 0.258 e. The van der Waals surface area contributed by atoms with Crippen molar-refractivity contribution in [1.82, 2.24) is 10.6 Å². The Kier molecular flexibility index (Phi) is 5.31. The maximum absolute atomic E-state index is 11.7. The van der Waals surface area contributed by atoms with E-state index in [1.165, 1.54) is 0 Å². The molecule has 1 atom stereocenters. The summed E-state index contributed by atoms with van der Waals surface area (Å²) >= 11 is 11.7. The number of halogens is 2. The van der Waals surface area contributed by atoms with Crippen molar-refractivity contribution in [2.24, 2.45) is 0 Å². The van der Waals surface area contributed by atoms with Crippen molar-refractivity contribution in [3.63, 3.8) is 0 Å².